The molecule has 0 fully saturated rings. The van der Waals surface area contributed by atoms with E-state index in [4.69, 9.17) is 11.6 Å². The fourth-order valence-electron chi connectivity index (χ4n) is 1.84. The van der Waals surface area contributed by atoms with Crippen molar-refractivity contribution in [3.8, 4) is 0 Å². The zero-order valence-electron chi connectivity index (χ0n) is 12.1. The molecule has 6 heteroatoms. The van der Waals surface area contributed by atoms with Gasteiger partial charge in [0.15, 0.2) is 0 Å². The topological polar surface area (TPSA) is 49.4 Å². The van der Waals surface area contributed by atoms with Gasteiger partial charge in [0.2, 0.25) is 0 Å². The van der Waals surface area contributed by atoms with Gasteiger partial charge < -0.3 is 10.2 Å². The smallest absolute Gasteiger partial charge is 0.255 e. The molecule has 0 saturated carbocycles. The maximum absolute atomic E-state index is 12.2. The first-order valence-electron chi connectivity index (χ1n) is 6.46. The van der Waals surface area contributed by atoms with Crippen molar-refractivity contribution in [3.05, 3.63) is 62.2 Å². The number of anilines is 1. The van der Waals surface area contributed by atoms with Gasteiger partial charge in [-0.2, -0.15) is 0 Å². The molecule has 0 aliphatic heterocycles. The van der Waals surface area contributed by atoms with Crippen LogP contribution in [-0.4, -0.2) is 30.8 Å². The van der Waals surface area contributed by atoms with Crippen molar-refractivity contribution >= 4 is 51.7 Å². The highest BCUT2D eigenvalue weighted by atomic mass is 127. The minimum absolute atomic E-state index is 0.213. The second-order valence-corrected chi connectivity index (χ2v) is 6.51. The third-order valence-corrected chi connectivity index (χ3v) is 3.95. The number of hydrogen-bond donors (Lipinski definition) is 1. The summed E-state index contributed by atoms with van der Waals surface area (Å²) in [4.78, 5) is 25.7. The van der Waals surface area contributed by atoms with Gasteiger partial charge in [-0.05, 0) is 59.0 Å². The van der Waals surface area contributed by atoms with E-state index in [9.17, 15) is 9.59 Å². The molecule has 2 amide bonds. The van der Waals surface area contributed by atoms with Crippen LogP contribution in [-0.2, 0) is 0 Å². The summed E-state index contributed by atoms with van der Waals surface area (Å²) in [6, 6.07) is 12.1. The lowest BCUT2D eigenvalue weighted by Gasteiger charge is -2.13. The number of rotatable bonds is 3. The summed E-state index contributed by atoms with van der Waals surface area (Å²) >= 11 is 8.20. The highest BCUT2D eigenvalue weighted by Crippen LogP contribution is 2.22. The quantitative estimate of drug-likeness (QED) is 0.754. The third kappa shape index (κ3) is 3.98. The zero-order chi connectivity index (χ0) is 16.3. The summed E-state index contributed by atoms with van der Waals surface area (Å²) in [5.74, 6) is -0.445. The highest BCUT2D eigenvalue weighted by Gasteiger charge is 2.14. The average molecular weight is 429 g/mol. The Kier molecular flexibility index (Phi) is 5.42. The van der Waals surface area contributed by atoms with E-state index in [-0.39, 0.29) is 11.8 Å². The van der Waals surface area contributed by atoms with Gasteiger partial charge in [-0.3, -0.25) is 9.59 Å². The molecule has 2 aromatic carbocycles. The van der Waals surface area contributed by atoms with E-state index in [1.807, 2.05) is 12.1 Å². The molecule has 0 radical (unpaired) electrons. The molecule has 2 aromatic rings. The van der Waals surface area contributed by atoms with E-state index in [0.717, 1.165) is 3.57 Å². The predicted octanol–water partition coefficient (Wildman–Crippen LogP) is 3.90. The van der Waals surface area contributed by atoms with E-state index in [1.165, 1.54) is 4.90 Å². The van der Waals surface area contributed by atoms with Crippen LogP contribution in [0.4, 0.5) is 5.69 Å². The Morgan fingerprint density at radius 3 is 2.50 bits per heavy atom. The van der Waals surface area contributed by atoms with Crippen LogP contribution >= 0.6 is 34.2 Å². The summed E-state index contributed by atoms with van der Waals surface area (Å²) < 4.78 is 0.977. The Balaban J connectivity index is 2.25. The van der Waals surface area contributed by atoms with E-state index in [1.54, 1.807) is 44.4 Å². The Bertz CT molecular complexity index is 732. The Morgan fingerprint density at radius 1 is 1.14 bits per heavy atom. The monoisotopic (exact) mass is 428 g/mol. The number of carbonyl (C=O) groups is 2. The second-order valence-electron chi connectivity index (χ2n) is 4.86. The number of nitrogens with zero attached hydrogens (tertiary/aromatic N) is 1. The van der Waals surface area contributed by atoms with Crippen LogP contribution in [0, 0.1) is 3.57 Å². The molecule has 22 heavy (non-hydrogen) atoms. The lowest BCUT2D eigenvalue weighted by molar-refractivity contribution is 0.0827. The first kappa shape index (κ1) is 16.8. The number of amides is 2. The van der Waals surface area contributed by atoms with Crippen LogP contribution in [0.1, 0.15) is 20.7 Å². The first-order valence-corrected chi connectivity index (χ1v) is 7.92. The number of carbonyl (C=O) groups excluding carboxylic acids is 2. The van der Waals surface area contributed by atoms with E-state index >= 15 is 0 Å². The average Bonchev–Trinajstić information content (AvgIpc) is 2.48. The first-order chi connectivity index (χ1) is 10.4. The van der Waals surface area contributed by atoms with Gasteiger partial charge in [-0.25, -0.2) is 0 Å². The summed E-state index contributed by atoms with van der Waals surface area (Å²) in [6.45, 7) is 0. The molecule has 4 nitrogen and oxygen atoms in total. The Hall–Kier alpha value is -1.60. The number of hydrogen-bond acceptors (Lipinski definition) is 2. The summed E-state index contributed by atoms with van der Waals surface area (Å²) in [6.07, 6.45) is 0. The molecule has 0 saturated heterocycles. The predicted molar refractivity (Wildman–Crippen MR) is 96.6 cm³/mol. The maximum atomic E-state index is 12.2. The minimum Gasteiger partial charge on any atom is -0.345 e. The fraction of sp³-hybridized carbons (Fsp3) is 0.125. The van der Waals surface area contributed by atoms with Crippen LogP contribution in [0.3, 0.4) is 0 Å². The Labute approximate surface area is 147 Å². The van der Waals surface area contributed by atoms with Gasteiger partial charge in [0, 0.05) is 28.9 Å². The van der Waals surface area contributed by atoms with Crippen LogP contribution in [0.25, 0.3) is 0 Å². The molecule has 0 aliphatic carbocycles. The van der Waals surface area contributed by atoms with E-state index in [2.05, 4.69) is 27.9 Å². The van der Waals surface area contributed by atoms with Crippen molar-refractivity contribution in [2.45, 2.75) is 0 Å². The lowest BCUT2D eigenvalue weighted by atomic mass is 10.1. The van der Waals surface area contributed by atoms with Gasteiger partial charge in [-0.1, -0.05) is 17.7 Å². The van der Waals surface area contributed by atoms with E-state index < -0.39 is 0 Å². The SMILES string of the molecule is CN(C)C(=O)c1cc(NC(=O)c2cccc(I)c2)ccc1Cl. The number of halogens is 2. The molecule has 0 spiro atoms. The van der Waals surface area contributed by atoms with Gasteiger partial charge >= 0.3 is 0 Å². The van der Waals surface area contributed by atoms with Crippen molar-refractivity contribution in [2.75, 3.05) is 19.4 Å². The largest absolute Gasteiger partial charge is 0.345 e. The second kappa shape index (κ2) is 7.11. The van der Waals surface area contributed by atoms with Gasteiger partial charge in [0.1, 0.15) is 0 Å². The van der Waals surface area contributed by atoms with Crippen molar-refractivity contribution < 1.29 is 9.59 Å². The van der Waals surface area contributed by atoms with Crippen molar-refractivity contribution in [2.24, 2.45) is 0 Å². The van der Waals surface area contributed by atoms with Crippen LogP contribution in [0.2, 0.25) is 5.02 Å². The standard InChI is InChI=1S/C16H14ClIN2O2/c1-20(2)16(22)13-9-12(6-7-14(13)17)19-15(21)10-4-3-5-11(18)8-10/h3-9H,1-2H3,(H,19,21). The van der Waals surface area contributed by atoms with Crippen LogP contribution in [0.15, 0.2) is 42.5 Å². The zero-order valence-corrected chi connectivity index (χ0v) is 15.0. The minimum atomic E-state index is -0.232. The summed E-state index contributed by atoms with van der Waals surface area (Å²) in [5.41, 5.74) is 1.44. The Morgan fingerprint density at radius 2 is 1.86 bits per heavy atom. The molecule has 0 unspecified atom stereocenters. The third-order valence-electron chi connectivity index (χ3n) is 2.95. The molecule has 0 aromatic heterocycles. The maximum Gasteiger partial charge on any atom is 0.255 e. The molecule has 0 atom stereocenters. The summed E-state index contributed by atoms with van der Waals surface area (Å²) in [7, 11) is 3.30. The van der Waals surface area contributed by atoms with E-state index in [0.29, 0.717) is 21.8 Å². The molecular weight excluding hydrogens is 415 g/mol. The lowest BCUT2D eigenvalue weighted by Crippen LogP contribution is -2.22. The van der Waals surface area contributed by atoms with Gasteiger partial charge in [-0.15, -0.1) is 0 Å². The molecule has 1 N–H and O–H groups in total. The van der Waals surface area contributed by atoms with Crippen LogP contribution < -0.4 is 5.32 Å². The van der Waals surface area contributed by atoms with Crippen molar-refractivity contribution in [1.82, 2.24) is 4.90 Å². The highest BCUT2D eigenvalue weighted by molar-refractivity contribution is 14.1. The van der Waals surface area contributed by atoms with Crippen molar-refractivity contribution in [1.29, 1.82) is 0 Å². The number of benzene rings is 2. The molecule has 0 bridgehead atoms. The van der Waals surface area contributed by atoms with Gasteiger partial charge in [0.25, 0.3) is 11.8 Å². The molecule has 0 aliphatic rings. The van der Waals surface area contributed by atoms with Crippen molar-refractivity contribution in [3.63, 3.8) is 0 Å². The summed E-state index contributed by atoms with van der Waals surface area (Å²) in [5, 5.41) is 3.13. The normalized spacial score (nSPS) is 10.2. The fourth-order valence-corrected chi connectivity index (χ4v) is 2.58. The molecular formula is C16H14ClIN2O2. The molecule has 0 heterocycles. The molecule has 114 valence electrons. The van der Waals surface area contributed by atoms with Gasteiger partial charge in [0.05, 0.1) is 10.6 Å². The van der Waals surface area contributed by atoms with Crippen LogP contribution in [0.5, 0.6) is 0 Å². The molecule has 2 rings (SSSR count). The number of nitrogens with one attached hydrogen (secondary N) is 1.